The van der Waals surface area contributed by atoms with Gasteiger partial charge in [0.15, 0.2) is 0 Å². The van der Waals surface area contributed by atoms with Crippen molar-refractivity contribution in [3.05, 3.63) is 48.0 Å². The minimum absolute atomic E-state index is 0.0998. The van der Waals surface area contributed by atoms with Crippen LogP contribution < -0.4 is 5.32 Å². The Labute approximate surface area is 128 Å². The molecule has 0 heterocycles. The first-order valence-electron chi connectivity index (χ1n) is 7.00. The van der Waals surface area contributed by atoms with Crippen molar-refractivity contribution in [3.8, 4) is 0 Å². The summed E-state index contributed by atoms with van der Waals surface area (Å²) in [4.78, 5) is 12.0. The molecule has 0 fully saturated rings. The molecule has 0 radical (unpaired) electrons. The van der Waals surface area contributed by atoms with Gasteiger partial charge in [-0.15, -0.1) is 0 Å². The molecule has 1 unspecified atom stereocenters. The lowest BCUT2D eigenvalue weighted by molar-refractivity contribution is -0.120. The van der Waals surface area contributed by atoms with Crippen LogP contribution in [0.2, 0.25) is 0 Å². The molecule has 0 aliphatic heterocycles. The van der Waals surface area contributed by atoms with Crippen LogP contribution in [0, 0.1) is 5.92 Å². The Balaban J connectivity index is 1.99. The minimum atomic E-state index is 0.0998. The van der Waals surface area contributed by atoms with Crippen LogP contribution in [0.3, 0.4) is 0 Å². The van der Waals surface area contributed by atoms with Gasteiger partial charge in [-0.25, -0.2) is 0 Å². The molecule has 106 valence electrons. The maximum absolute atomic E-state index is 12.0. The molecule has 2 rings (SSSR count). The average Bonchev–Trinajstić information content (AvgIpc) is 2.46. The van der Waals surface area contributed by atoms with E-state index in [1.165, 1.54) is 10.8 Å². The van der Waals surface area contributed by atoms with Crippen LogP contribution in [0.25, 0.3) is 10.8 Å². The van der Waals surface area contributed by atoms with Crippen molar-refractivity contribution in [2.24, 2.45) is 5.92 Å². The van der Waals surface area contributed by atoms with E-state index in [9.17, 15) is 4.79 Å². The minimum Gasteiger partial charge on any atom is -0.356 e. The molecule has 0 aliphatic carbocycles. The lowest BCUT2D eigenvalue weighted by Crippen LogP contribution is -2.29. The zero-order chi connectivity index (χ0) is 14.4. The number of carbonyl (C=O) groups is 1. The molecule has 2 aromatic rings. The standard InChI is InChI=1S/C17H20BrNO/c1-13(9-10-18)12-19-17(20)11-15-7-4-6-14-5-2-3-8-16(14)15/h2-8,13H,9-12H2,1H3,(H,19,20). The van der Waals surface area contributed by atoms with Gasteiger partial charge < -0.3 is 5.32 Å². The van der Waals surface area contributed by atoms with Gasteiger partial charge in [0.05, 0.1) is 6.42 Å². The van der Waals surface area contributed by atoms with Crippen LogP contribution in [0.1, 0.15) is 18.9 Å². The van der Waals surface area contributed by atoms with E-state index in [0.29, 0.717) is 12.3 Å². The summed E-state index contributed by atoms with van der Waals surface area (Å²) in [6, 6.07) is 14.3. The van der Waals surface area contributed by atoms with Crippen LogP contribution in [0.15, 0.2) is 42.5 Å². The number of benzene rings is 2. The van der Waals surface area contributed by atoms with Gasteiger partial charge >= 0.3 is 0 Å². The predicted molar refractivity (Wildman–Crippen MR) is 88.2 cm³/mol. The summed E-state index contributed by atoms with van der Waals surface area (Å²) in [5.41, 5.74) is 1.09. The highest BCUT2D eigenvalue weighted by molar-refractivity contribution is 9.09. The maximum Gasteiger partial charge on any atom is 0.224 e. The Morgan fingerprint density at radius 3 is 2.75 bits per heavy atom. The van der Waals surface area contributed by atoms with Gasteiger partial charge in [0.2, 0.25) is 5.91 Å². The maximum atomic E-state index is 12.0. The van der Waals surface area contributed by atoms with Crippen LogP contribution >= 0.6 is 15.9 Å². The van der Waals surface area contributed by atoms with Gasteiger partial charge in [-0.3, -0.25) is 4.79 Å². The van der Waals surface area contributed by atoms with Gasteiger partial charge in [-0.05, 0) is 28.7 Å². The number of halogens is 1. The fourth-order valence-electron chi connectivity index (χ4n) is 2.26. The summed E-state index contributed by atoms with van der Waals surface area (Å²) in [7, 11) is 0. The third kappa shape index (κ3) is 4.07. The lowest BCUT2D eigenvalue weighted by atomic mass is 10.0. The number of amides is 1. The Morgan fingerprint density at radius 2 is 1.95 bits per heavy atom. The molecule has 1 N–H and O–H groups in total. The molecule has 1 atom stereocenters. The summed E-state index contributed by atoms with van der Waals surface area (Å²) in [6.45, 7) is 2.90. The third-order valence-corrected chi connectivity index (χ3v) is 3.94. The fourth-order valence-corrected chi connectivity index (χ4v) is 3.04. The summed E-state index contributed by atoms with van der Waals surface area (Å²) >= 11 is 3.43. The van der Waals surface area contributed by atoms with Crippen molar-refractivity contribution in [2.75, 3.05) is 11.9 Å². The van der Waals surface area contributed by atoms with Gasteiger partial charge in [0, 0.05) is 11.9 Å². The number of rotatable bonds is 6. The highest BCUT2D eigenvalue weighted by atomic mass is 79.9. The van der Waals surface area contributed by atoms with E-state index in [1.54, 1.807) is 0 Å². The topological polar surface area (TPSA) is 29.1 Å². The van der Waals surface area contributed by atoms with E-state index in [-0.39, 0.29) is 5.91 Å². The van der Waals surface area contributed by atoms with Crippen LogP contribution in [0.4, 0.5) is 0 Å². The molecule has 20 heavy (non-hydrogen) atoms. The fraction of sp³-hybridized carbons (Fsp3) is 0.353. The van der Waals surface area contributed by atoms with Crippen molar-refractivity contribution in [1.82, 2.24) is 5.32 Å². The number of hydrogen-bond acceptors (Lipinski definition) is 1. The zero-order valence-corrected chi connectivity index (χ0v) is 13.3. The van der Waals surface area contributed by atoms with Crippen LogP contribution in [0.5, 0.6) is 0 Å². The molecule has 0 saturated carbocycles. The van der Waals surface area contributed by atoms with Gasteiger partial charge in [-0.2, -0.15) is 0 Å². The van der Waals surface area contributed by atoms with E-state index >= 15 is 0 Å². The van der Waals surface area contributed by atoms with Crippen LogP contribution in [-0.4, -0.2) is 17.8 Å². The molecule has 0 aromatic heterocycles. The van der Waals surface area contributed by atoms with E-state index in [4.69, 9.17) is 0 Å². The van der Waals surface area contributed by atoms with Gasteiger partial charge in [0.1, 0.15) is 0 Å². The Hall–Kier alpha value is -1.35. The predicted octanol–water partition coefficient (Wildman–Crippen LogP) is 3.92. The molecule has 2 aromatic carbocycles. The zero-order valence-electron chi connectivity index (χ0n) is 11.7. The number of nitrogens with one attached hydrogen (secondary N) is 1. The first-order valence-corrected chi connectivity index (χ1v) is 8.12. The third-order valence-electron chi connectivity index (χ3n) is 3.48. The van der Waals surface area contributed by atoms with E-state index < -0.39 is 0 Å². The Morgan fingerprint density at radius 1 is 1.20 bits per heavy atom. The largest absolute Gasteiger partial charge is 0.356 e. The highest BCUT2D eigenvalue weighted by Gasteiger charge is 2.08. The SMILES string of the molecule is CC(CCBr)CNC(=O)Cc1cccc2ccccc12. The summed E-state index contributed by atoms with van der Waals surface area (Å²) < 4.78 is 0. The normalized spacial score (nSPS) is 12.3. The van der Waals surface area contributed by atoms with Crippen molar-refractivity contribution < 1.29 is 4.79 Å². The summed E-state index contributed by atoms with van der Waals surface area (Å²) in [5, 5.41) is 6.35. The smallest absolute Gasteiger partial charge is 0.224 e. The number of alkyl halides is 1. The van der Waals surface area contributed by atoms with Crippen molar-refractivity contribution in [1.29, 1.82) is 0 Å². The number of carbonyl (C=O) groups excluding carboxylic acids is 1. The second kappa shape index (κ2) is 7.44. The van der Waals surface area contributed by atoms with Gasteiger partial charge in [0.25, 0.3) is 0 Å². The van der Waals surface area contributed by atoms with E-state index in [0.717, 1.165) is 23.9 Å². The van der Waals surface area contributed by atoms with Crippen molar-refractivity contribution in [2.45, 2.75) is 19.8 Å². The molecule has 1 amide bonds. The monoisotopic (exact) mass is 333 g/mol. The number of fused-ring (bicyclic) bond motifs is 1. The summed E-state index contributed by atoms with van der Waals surface area (Å²) in [5.74, 6) is 0.605. The quantitative estimate of drug-likeness (QED) is 0.797. The lowest BCUT2D eigenvalue weighted by Gasteiger charge is -2.12. The van der Waals surface area contributed by atoms with Crippen LogP contribution in [-0.2, 0) is 11.2 Å². The molecular weight excluding hydrogens is 314 g/mol. The van der Waals surface area contributed by atoms with E-state index in [1.807, 2.05) is 24.3 Å². The number of hydrogen-bond donors (Lipinski definition) is 1. The first-order chi connectivity index (χ1) is 9.70. The average molecular weight is 334 g/mol. The second-order valence-corrected chi connectivity index (χ2v) is 5.99. The molecule has 0 spiro atoms. The molecular formula is C17H20BrNO. The van der Waals surface area contributed by atoms with Crippen molar-refractivity contribution >= 4 is 32.6 Å². The van der Waals surface area contributed by atoms with Gasteiger partial charge in [-0.1, -0.05) is 65.3 Å². The molecule has 0 saturated heterocycles. The second-order valence-electron chi connectivity index (χ2n) is 5.20. The molecule has 0 bridgehead atoms. The summed E-state index contributed by atoms with van der Waals surface area (Å²) in [6.07, 6.45) is 1.52. The molecule has 3 heteroatoms. The highest BCUT2D eigenvalue weighted by Crippen LogP contribution is 2.18. The molecule has 0 aliphatic rings. The van der Waals surface area contributed by atoms with E-state index in [2.05, 4.69) is 46.4 Å². The molecule has 2 nitrogen and oxygen atoms in total. The Kier molecular flexibility index (Phi) is 5.60. The first kappa shape index (κ1) is 15.0. The van der Waals surface area contributed by atoms with Crippen molar-refractivity contribution in [3.63, 3.8) is 0 Å². The Bertz CT molecular complexity index is 577.